The van der Waals surface area contributed by atoms with E-state index in [-0.39, 0.29) is 0 Å². The molecule has 0 radical (unpaired) electrons. The Labute approximate surface area is 92.5 Å². The van der Waals surface area contributed by atoms with E-state index < -0.39 is 0 Å². The minimum absolute atomic E-state index is 0.667. The van der Waals surface area contributed by atoms with E-state index in [1.165, 1.54) is 4.90 Å². The van der Waals surface area contributed by atoms with Crippen LogP contribution in [0.15, 0.2) is 36.8 Å². The molecule has 1 aromatic heterocycles. The number of rotatable bonds is 3. The maximum atomic E-state index is 8.74. The fraction of sp³-hybridized carbons (Fsp3) is 0. The summed E-state index contributed by atoms with van der Waals surface area (Å²) in [4.78, 5) is 8.11. The molecule has 5 heteroatoms. The van der Waals surface area contributed by atoms with E-state index in [0.29, 0.717) is 5.69 Å². The number of benzene rings is 1. The van der Waals surface area contributed by atoms with E-state index in [1.54, 1.807) is 24.7 Å². The molecule has 2 N–H and O–H groups in total. The zero-order valence-electron chi connectivity index (χ0n) is 8.38. The molecule has 0 saturated carbocycles. The van der Waals surface area contributed by atoms with Crippen LogP contribution in [0.5, 0.6) is 0 Å². The molecular formula is C11H9N5. The quantitative estimate of drug-likeness (QED) is 0.352. The number of nitrogens with one attached hydrogen (secondary N) is 2. The zero-order chi connectivity index (χ0) is 11.4. The Morgan fingerprint density at radius 3 is 2.62 bits per heavy atom. The molecule has 0 bridgehead atoms. The first-order chi connectivity index (χ1) is 7.85. The number of nitriles is 1. The van der Waals surface area contributed by atoms with E-state index in [2.05, 4.69) is 9.97 Å². The summed E-state index contributed by atoms with van der Waals surface area (Å²) in [5.41, 5.74) is 2.58. The van der Waals surface area contributed by atoms with Gasteiger partial charge < -0.3 is 4.98 Å². The first-order valence-electron chi connectivity index (χ1n) is 4.63. The van der Waals surface area contributed by atoms with E-state index >= 15 is 0 Å². The van der Waals surface area contributed by atoms with E-state index in [4.69, 9.17) is 10.7 Å². The fourth-order valence-electron chi connectivity index (χ4n) is 1.38. The van der Waals surface area contributed by atoms with Gasteiger partial charge in [0.2, 0.25) is 0 Å². The highest BCUT2D eigenvalue weighted by Crippen LogP contribution is 2.20. The Bertz CT molecular complexity index is 506. The van der Waals surface area contributed by atoms with Crippen LogP contribution >= 0.6 is 0 Å². The van der Waals surface area contributed by atoms with Gasteiger partial charge in [-0.1, -0.05) is 12.1 Å². The molecule has 2 aromatic rings. The summed E-state index contributed by atoms with van der Waals surface area (Å²) in [6.07, 6.45) is 6.21. The van der Waals surface area contributed by atoms with Gasteiger partial charge in [-0.3, -0.25) is 5.41 Å². The maximum absolute atomic E-state index is 8.74. The molecule has 2 rings (SSSR count). The maximum Gasteiger partial charge on any atom is 0.190 e. The lowest BCUT2D eigenvalue weighted by atomic mass is 10.1. The number of hydrogen-bond donors (Lipinski definition) is 2. The van der Waals surface area contributed by atoms with Crippen molar-refractivity contribution >= 4 is 12.0 Å². The average molecular weight is 211 g/mol. The first kappa shape index (κ1) is 9.93. The molecule has 1 heterocycles. The van der Waals surface area contributed by atoms with Crippen molar-refractivity contribution in [3.05, 3.63) is 36.8 Å². The van der Waals surface area contributed by atoms with Gasteiger partial charge in [0.25, 0.3) is 0 Å². The van der Waals surface area contributed by atoms with Crippen LogP contribution in [0.25, 0.3) is 11.3 Å². The number of aromatic amines is 1. The van der Waals surface area contributed by atoms with Crippen molar-refractivity contribution in [1.82, 2.24) is 9.97 Å². The summed E-state index contributed by atoms with van der Waals surface area (Å²) in [5, 5.41) is 15.8. The molecule has 0 aliphatic rings. The standard InChI is InChI=1S/C11H9N5/c12-6-16(7-13)10-3-1-9(2-4-10)11-5-14-8-15-11/h1-6,8,12H,(H,14,15). The van der Waals surface area contributed by atoms with Gasteiger partial charge in [0, 0.05) is 0 Å². The Morgan fingerprint density at radius 2 is 2.12 bits per heavy atom. The number of H-pyrrole nitrogens is 1. The topological polar surface area (TPSA) is 79.6 Å². The second-order valence-electron chi connectivity index (χ2n) is 3.11. The summed E-state index contributed by atoms with van der Waals surface area (Å²) in [5.74, 6) is 0. The molecule has 0 aliphatic heterocycles. The highest BCUT2D eigenvalue weighted by Gasteiger charge is 2.03. The monoisotopic (exact) mass is 211 g/mol. The number of aromatic nitrogens is 2. The molecule has 0 spiro atoms. The molecule has 1 aromatic carbocycles. The molecule has 0 saturated heterocycles. The summed E-state index contributed by atoms with van der Waals surface area (Å²) < 4.78 is 0. The highest BCUT2D eigenvalue weighted by atomic mass is 15.1. The van der Waals surface area contributed by atoms with Crippen LogP contribution in [-0.2, 0) is 0 Å². The summed E-state index contributed by atoms with van der Waals surface area (Å²) in [7, 11) is 0. The second kappa shape index (κ2) is 4.28. The predicted molar refractivity (Wildman–Crippen MR) is 60.9 cm³/mol. The van der Waals surface area contributed by atoms with E-state index in [1.807, 2.05) is 18.3 Å². The van der Waals surface area contributed by atoms with Crippen molar-refractivity contribution < 1.29 is 0 Å². The summed E-state index contributed by atoms with van der Waals surface area (Å²) in [6, 6.07) is 7.31. The lowest BCUT2D eigenvalue weighted by molar-refractivity contribution is 1.31. The molecule has 0 aliphatic carbocycles. The van der Waals surface area contributed by atoms with Crippen molar-refractivity contribution in [1.29, 1.82) is 10.7 Å². The Hall–Kier alpha value is -2.61. The van der Waals surface area contributed by atoms with Crippen LogP contribution < -0.4 is 4.90 Å². The third-order valence-electron chi connectivity index (χ3n) is 2.19. The Morgan fingerprint density at radius 1 is 1.38 bits per heavy atom. The van der Waals surface area contributed by atoms with Gasteiger partial charge >= 0.3 is 0 Å². The number of anilines is 1. The van der Waals surface area contributed by atoms with Gasteiger partial charge in [-0.2, -0.15) is 5.26 Å². The first-order valence-corrected chi connectivity index (χ1v) is 4.63. The van der Waals surface area contributed by atoms with Gasteiger partial charge in [-0.05, 0) is 17.7 Å². The molecule has 78 valence electrons. The number of hydrogen-bond acceptors (Lipinski definition) is 3. The van der Waals surface area contributed by atoms with Gasteiger partial charge in [0.1, 0.15) is 6.34 Å². The van der Waals surface area contributed by atoms with Crippen molar-refractivity contribution in [3.8, 4) is 17.5 Å². The molecule has 0 unspecified atom stereocenters. The fourth-order valence-corrected chi connectivity index (χ4v) is 1.38. The second-order valence-corrected chi connectivity index (χ2v) is 3.11. The third kappa shape index (κ3) is 1.77. The van der Waals surface area contributed by atoms with Crippen molar-refractivity contribution in [2.45, 2.75) is 0 Å². The van der Waals surface area contributed by atoms with Gasteiger partial charge in [-0.15, -0.1) is 0 Å². The lowest BCUT2D eigenvalue weighted by Gasteiger charge is -2.08. The van der Waals surface area contributed by atoms with Crippen molar-refractivity contribution in [2.75, 3.05) is 4.90 Å². The molecule has 16 heavy (non-hydrogen) atoms. The van der Waals surface area contributed by atoms with E-state index in [9.17, 15) is 0 Å². The van der Waals surface area contributed by atoms with Gasteiger partial charge in [-0.25, -0.2) is 9.88 Å². The largest absolute Gasteiger partial charge is 0.345 e. The van der Waals surface area contributed by atoms with Crippen LogP contribution in [0.2, 0.25) is 0 Å². The SMILES string of the molecule is N#CN(C=N)c1ccc(-c2cnc[nH]2)cc1. The smallest absolute Gasteiger partial charge is 0.190 e. The van der Waals surface area contributed by atoms with Crippen LogP contribution in [0.1, 0.15) is 0 Å². The van der Waals surface area contributed by atoms with Crippen LogP contribution in [0.4, 0.5) is 5.69 Å². The van der Waals surface area contributed by atoms with E-state index in [0.717, 1.165) is 17.6 Å². The molecule has 0 atom stereocenters. The molecular weight excluding hydrogens is 202 g/mol. The Balaban J connectivity index is 2.30. The van der Waals surface area contributed by atoms with Gasteiger partial charge in [0.15, 0.2) is 6.19 Å². The summed E-state index contributed by atoms with van der Waals surface area (Å²) in [6.45, 7) is 0. The van der Waals surface area contributed by atoms with Gasteiger partial charge in [0.05, 0.1) is 23.9 Å². The lowest BCUT2D eigenvalue weighted by Crippen LogP contribution is -2.12. The molecule has 0 fully saturated rings. The number of nitrogens with zero attached hydrogens (tertiary/aromatic N) is 3. The summed E-state index contributed by atoms with van der Waals surface area (Å²) >= 11 is 0. The van der Waals surface area contributed by atoms with Crippen LogP contribution in [0, 0.1) is 16.9 Å². The van der Waals surface area contributed by atoms with Crippen molar-refractivity contribution in [3.63, 3.8) is 0 Å². The highest BCUT2D eigenvalue weighted by molar-refractivity contribution is 5.81. The average Bonchev–Trinajstić information content (AvgIpc) is 2.85. The minimum Gasteiger partial charge on any atom is -0.345 e. The molecule has 0 amide bonds. The normalized spacial score (nSPS) is 9.44. The van der Waals surface area contributed by atoms with Crippen LogP contribution in [0.3, 0.4) is 0 Å². The zero-order valence-corrected chi connectivity index (χ0v) is 8.38. The Kier molecular flexibility index (Phi) is 2.65. The molecule has 5 nitrogen and oxygen atoms in total. The van der Waals surface area contributed by atoms with Crippen molar-refractivity contribution in [2.24, 2.45) is 0 Å². The predicted octanol–water partition coefficient (Wildman–Crippen LogP) is 1.97. The minimum atomic E-state index is 0.667. The number of imidazole rings is 1. The van der Waals surface area contributed by atoms with Crippen LogP contribution in [-0.4, -0.2) is 16.3 Å². The third-order valence-corrected chi connectivity index (χ3v) is 2.19.